The van der Waals surface area contributed by atoms with Gasteiger partial charge in [0.1, 0.15) is 11.6 Å². The largest absolute Gasteiger partial charge is 0.468 e. The summed E-state index contributed by atoms with van der Waals surface area (Å²) in [4.78, 5) is 9.23. The molecule has 0 saturated carbocycles. The Morgan fingerprint density at radius 3 is 2.96 bits per heavy atom. The van der Waals surface area contributed by atoms with Crippen molar-refractivity contribution in [2.45, 2.75) is 25.6 Å². The van der Waals surface area contributed by atoms with Crippen LogP contribution in [0.25, 0.3) is 0 Å². The van der Waals surface area contributed by atoms with Gasteiger partial charge >= 0.3 is 0 Å². The molecule has 1 aliphatic rings. The van der Waals surface area contributed by atoms with E-state index >= 15 is 0 Å². The van der Waals surface area contributed by atoms with Gasteiger partial charge in [0.05, 0.1) is 12.8 Å². The highest BCUT2D eigenvalue weighted by Gasteiger charge is 2.27. The van der Waals surface area contributed by atoms with Crippen LogP contribution in [-0.2, 0) is 13.1 Å². The first-order valence-corrected chi connectivity index (χ1v) is 8.51. The summed E-state index contributed by atoms with van der Waals surface area (Å²) in [5, 5.41) is 12.6. The van der Waals surface area contributed by atoms with Gasteiger partial charge < -0.3 is 14.8 Å². The van der Waals surface area contributed by atoms with Crippen LogP contribution >= 0.6 is 0 Å². The van der Waals surface area contributed by atoms with Crippen LogP contribution in [0.15, 0.2) is 41.1 Å². The predicted octanol–water partition coefficient (Wildman–Crippen LogP) is 1.79. The van der Waals surface area contributed by atoms with E-state index in [-0.39, 0.29) is 6.61 Å². The van der Waals surface area contributed by atoms with Crippen molar-refractivity contribution in [1.29, 1.82) is 0 Å². The molecule has 2 N–H and O–H groups in total. The molecule has 2 aromatic rings. The van der Waals surface area contributed by atoms with Crippen molar-refractivity contribution in [3.05, 3.63) is 48.0 Å². The quantitative estimate of drug-likeness (QED) is 0.807. The van der Waals surface area contributed by atoms with Crippen LogP contribution in [0.4, 0.5) is 5.82 Å². The molecule has 1 aliphatic heterocycles. The van der Waals surface area contributed by atoms with Crippen LogP contribution in [0, 0.1) is 0 Å². The smallest absolute Gasteiger partial charge is 0.130 e. The minimum absolute atomic E-state index is 0.210. The molecule has 1 fully saturated rings. The minimum atomic E-state index is 0.210. The van der Waals surface area contributed by atoms with E-state index in [1.807, 2.05) is 31.4 Å². The van der Waals surface area contributed by atoms with Gasteiger partial charge in [-0.3, -0.25) is 9.80 Å². The first kappa shape index (κ1) is 17.0. The number of hydrogen-bond donors (Lipinski definition) is 2. The Labute approximate surface area is 143 Å². The molecule has 3 heterocycles. The first-order valence-electron chi connectivity index (χ1n) is 8.51. The van der Waals surface area contributed by atoms with Crippen LogP contribution < -0.4 is 5.32 Å². The number of rotatable bonds is 7. The summed E-state index contributed by atoms with van der Waals surface area (Å²) >= 11 is 0. The Morgan fingerprint density at radius 1 is 1.29 bits per heavy atom. The highest BCUT2D eigenvalue weighted by atomic mass is 16.3. The second-order valence-electron chi connectivity index (χ2n) is 6.21. The number of furan rings is 1. The van der Waals surface area contributed by atoms with Gasteiger partial charge in [-0.25, -0.2) is 4.98 Å². The number of anilines is 1. The van der Waals surface area contributed by atoms with Gasteiger partial charge in [0.25, 0.3) is 0 Å². The molecule has 130 valence electrons. The van der Waals surface area contributed by atoms with Gasteiger partial charge in [0.2, 0.25) is 0 Å². The lowest BCUT2D eigenvalue weighted by atomic mass is 10.1. The van der Waals surface area contributed by atoms with Gasteiger partial charge in [-0.1, -0.05) is 6.07 Å². The summed E-state index contributed by atoms with van der Waals surface area (Å²) in [6.45, 7) is 4.81. The van der Waals surface area contributed by atoms with Crippen LogP contribution in [-0.4, -0.2) is 59.2 Å². The van der Waals surface area contributed by atoms with Crippen molar-refractivity contribution in [1.82, 2.24) is 14.8 Å². The number of nitrogens with one attached hydrogen (secondary N) is 1. The molecule has 6 nitrogen and oxygen atoms in total. The fourth-order valence-electron chi connectivity index (χ4n) is 3.37. The molecular formula is C18H26N4O2. The predicted molar refractivity (Wildman–Crippen MR) is 93.7 cm³/mol. The fourth-order valence-corrected chi connectivity index (χ4v) is 3.37. The molecule has 2 aromatic heterocycles. The number of aromatic nitrogens is 1. The van der Waals surface area contributed by atoms with Gasteiger partial charge in [-0.15, -0.1) is 0 Å². The van der Waals surface area contributed by atoms with Gasteiger partial charge in [0, 0.05) is 57.6 Å². The molecule has 0 radical (unpaired) electrons. The molecule has 6 heteroatoms. The summed E-state index contributed by atoms with van der Waals surface area (Å²) in [6.07, 6.45) is 4.31. The minimum Gasteiger partial charge on any atom is -0.468 e. The average Bonchev–Trinajstić information content (AvgIpc) is 3.11. The second kappa shape index (κ2) is 8.28. The van der Waals surface area contributed by atoms with Crippen molar-refractivity contribution < 1.29 is 9.52 Å². The summed E-state index contributed by atoms with van der Waals surface area (Å²) in [5.41, 5.74) is 1.21. The number of piperazine rings is 1. The van der Waals surface area contributed by atoms with Crippen LogP contribution in [0.5, 0.6) is 0 Å². The molecule has 3 rings (SSSR count). The third-order valence-electron chi connectivity index (χ3n) is 4.61. The van der Waals surface area contributed by atoms with E-state index in [1.165, 1.54) is 5.56 Å². The van der Waals surface area contributed by atoms with Crippen molar-refractivity contribution in [3.8, 4) is 0 Å². The number of nitrogens with zero attached hydrogens (tertiary/aromatic N) is 3. The zero-order chi connectivity index (χ0) is 16.8. The maximum atomic E-state index is 9.43. The lowest BCUT2D eigenvalue weighted by Gasteiger charge is -2.41. The number of aliphatic hydroxyl groups is 1. The molecule has 1 unspecified atom stereocenters. The van der Waals surface area contributed by atoms with E-state index in [2.05, 4.69) is 26.2 Å². The maximum absolute atomic E-state index is 9.43. The Kier molecular flexibility index (Phi) is 5.85. The third kappa shape index (κ3) is 4.14. The molecule has 0 aliphatic carbocycles. The molecule has 1 atom stereocenters. The SMILES string of the molecule is CNc1ncccc1CN1CCN(Cc2ccco2)C(CCO)C1. The van der Waals surface area contributed by atoms with Gasteiger partial charge in [0.15, 0.2) is 0 Å². The lowest BCUT2D eigenvalue weighted by Crippen LogP contribution is -2.52. The summed E-state index contributed by atoms with van der Waals surface area (Å²) < 4.78 is 5.48. The zero-order valence-corrected chi connectivity index (χ0v) is 14.2. The summed E-state index contributed by atoms with van der Waals surface area (Å²) in [5.74, 6) is 1.92. The maximum Gasteiger partial charge on any atom is 0.130 e. The molecule has 24 heavy (non-hydrogen) atoms. The Balaban J connectivity index is 1.63. The second-order valence-corrected chi connectivity index (χ2v) is 6.21. The van der Waals surface area contributed by atoms with E-state index in [0.29, 0.717) is 6.04 Å². The van der Waals surface area contributed by atoms with E-state index in [4.69, 9.17) is 4.42 Å². The molecule has 0 amide bonds. The zero-order valence-electron chi connectivity index (χ0n) is 14.2. The van der Waals surface area contributed by atoms with Crippen LogP contribution in [0.1, 0.15) is 17.7 Å². The van der Waals surface area contributed by atoms with Crippen molar-refractivity contribution in [2.24, 2.45) is 0 Å². The standard InChI is InChI=1S/C18H26N4O2/c1-19-18-15(4-2-7-20-18)12-21-8-9-22(16(13-21)6-10-23)14-17-5-3-11-24-17/h2-5,7,11,16,23H,6,8-10,12-14H2,1H3,(H,19,20). The lowest BCUT2D eigenvalue weighted by molar-refractivity contribution is 0.0456. The Hall–Kier alpha value is -1.89. The highest BCUT2D eigenvalue weighted by Crippen LogP contribution is 2.20. The van der Waals surface area contributed by atoms with E-state index in [1.54, 1.807) is 6.26 Å². The number of pyridine rings is 1. The van der Waals surface area contributed by atoms with E-state index < -0.39 is 0 Å². The van der Waals surface area contributed by atoms with Crippen molar-refractivity contribution in [3.63, 3.8) is 0 Å². The molecule has 0 aromatic carbocycles. The third-order valence-corrected chi connectivity index (χ3v) is 4.61. The fraction of sp³-hybridized carbons (Fsp3) is 0.500. The summed E-state index contributed by atoms with van der Waals surface area (Å²) in [7, 11) is 1.90. The summed E-state index contributed by atoms with van der Waals surface area (Å²) in [6, 6.07) is 8.37. The number of aliphatic hydroxyl groups excluding tert-OH is 1. The number of hydrogen-bond acceptors (Lipinski definition) is 6. The Bertz CT molecular complexity index is 617. The van der Waals surface area contributed by atoms with Crippen LogP contribution in [0.3, 0.4) is 0 Å². The van der Waals surface area contributed by atoms with Gasteiger partial charge in [-0.05, 0) is 24.6 Å². The highest BCUT2D eigenvalue weighted by molar-refractivity contribution is 5.42. The van der Waals surface area contributed by atoms with Crippen molar-refractivity contribution in [2.75, 3.05) is 38.6 Å². The van der Waals surface area contributed by atoms with E-state index in [9.17, 15) is 5.11 Å². The average molecular weight is 330 g/mol. The van der Waals surface area contributed by atoms with E-state index in [0.717, 1.165) is 50.7 Å². The van der Waals surface area contributed by atoms with Crippen molar-refractivity contribution >= 4 is 5.82 Å². The van der Waals surface area contributed by atoms with Gasteiger partial charge in [-0.2, -0.15) is 0 Å². The molecular weight excluding hydrogens is 304 g/mol. The van der Waals surface area contributed by atoms with Crippen LogP contribution in [0.2, 0.25) is 0 Å². The molecule has 1 saturated heterocycles. The topological polar surface area (TPSA) is 64.8 Å². The normalized spacial score (nSPS) is 19.5. The molecule has 0 bridgehead atoms. The molecule has 0 spiro atoms. The monoisotopic (exact) mass is 330 g/mol. The Morgan fingerprint density at radius 2 is 2.21 bits per heavy atom. The first-order chi connectivity index (χ1) is 11.8.